The van der Waals surface area contributed by atoms with Crippen molar-refractivity contribution < 1.29 is 4.79 Å². The zero-order valence-corrected chi connectivity index (χ0v) is 16.2. The third-order valence-corrected chi connectivity index (χ3v) is 6.06. The Balaban J connectivity index is 1.53. The minimum Gasteiger partial charge on any atom is -0.341 e. The fourth-order valence-electron chi connectivity index (χ4n) is 4.23. The van der Waals surface area contributed by atoms with Gasteiger partial charge in [-0.05, 0) is 50.8 Å². The molecule has 0 N–H and O–H groups in total. The average molecular weight is 373 g/mol. The number of hydrogen-bond donors (Lipinski definition) is 0. The van der Waals surface area contributed by atoms with Crippen molar-refractivity contribution in [2.24, 2.45) is 0 Å². The van der Waals surface area contributed by atoms with Gasteiger partial charge in [0.1, 0.15) is 11.6 Å². The number of fused-ring (bicyclic) bond motifs is 1. The van der Waals surface area contributed by atoms with E-state index < -0.39 is 5.41 Å². The molecule has 1 atom stereocenters. The maximum Gasteiger partial charge on any atom is 0.232 e. The van der Waals surface area contributed by atoms with Crippen LogP contribution in [0.5, 0.6) is 0 Å². The molecule has 0 bridgehead atoms. The number of hydrogen-bond acceptors (Lipinski definition) is 3. The normalized spacial score (nSPS) is 20.3. The summed E-state index contributed by atoms with van der Waals surface area (Å²) in [5.74, 6) is 2.63. The third kappa shape index (κ3) is 3.02. The molecule has 1 amide bonds. The van der Waals surface area contributed by atoms with E-state index in [2.05, 4.69) is 14.8 Å². The van der Waals surface area contributed by atoms with Crippen molar-refractivity contribution in [2.45, 2.75) is 57.4 Å². The van der Waals surface area contributed by atoms with Gasteiger partial charge in [-0.2, -0.15) is 0 Å². The number of benzene rings is 1. The maximum atomic E-state index is 13.3. The van der Waals surface area contributed by atoms with Gasteiger partial charge in [0.25, 0.3) is 0 Å². The van der Waals surface area contributed by atoms with Gasteiger partial charge in [-0.25, -0.2) is 0 Å². The van der Waals surface area contributed by atoms with E-state index in [1.54, 1.807) is 0 Å². The second kappa shape index (κ2) is 6.69. The fraction of sp³-hybridized carbons (Fsp3) is 0.550. The standard InChI is InChI=1S/C20H25ClN4O/c1-20(2,15-7-9-16(21)10-8-15)19(26)24-11-3-5-14(13-24)18-23-22-17-6-4-12-25(17)18/h7-10,14H,3-6,11-13H2,1-2H3. The first kappa shape index (κ1) is 17.5. The lowest BCUT2D eigenvalue weighted by atomic mass is 9.82. The van der Waals surface area contributed by atoms with E-state index in [4.69, 9.17) is 11.6 Å². The number of aromatic nitrogens is 3. The smallest absolute Gasteiger partial charge is 0.232 e. The van der Waals surface area contributed by atoms with Gasteiger partial charge < -0.3 is 9.47 Å². The quantitative estimate of drug-likeness (QED) is 0.827. The van der Waals surface area contributed by atoms with Gasteiger partial charge in [0.15, 0.2) is 0 Å². The predicted octanol–water partition coefficient (Wildman–Crippen LogP) is 3.56. The molecule has 1 saturated heterocycles. The summed E-state index contributed by atoms with van der Waals surface area (Å²) in [7, 11) is 0. The molecule has 3 heterocycles. The molecule has 1 aromatic heterocycles. The molecule has 0 saturated carbocycles. The van der Waals surface area contributed by atoms with E-state index in [9.17, 15) is 4.79 Å². The topological polar surface area (TPSA) is 51.0 Å². The lowest BCUT2D eigenvalue weighted by molar-refractivity contribution is -0.137. The first-order chi connectivity index (χ1) is 12.5. The van der Waals surface area contributed by atoms with E-state index in [1.165, 1.54) is 0 Å². The van der Waals surface area contributed by atoms with Crippen molar-refractivity contribution in [3.63, 3.8) is 0 Å². The van der Waals surface area contributed by atoms with Crippen molar-refractivity contribution in [1.82, 2.24) is 19.7 Å². The van der Waals surface area contributed by atoms with E-state index in [0.717, 1.165) is 62.5 Å². The van der Waals surface area contributed by atoms with Gasteiger partial charge >= 0.3 is 0 Å². The second-order valence-electron chi connectivity index (χ2n) is 7.95. The Hall–Kier alpha value is -1.88. The number of nitrogens with zero attached hydrogens (tertiary/aromatic N) is 4. The Morgan fingerprint density at radius 1 is 1.15 bits per heavy atom. The molecule has 2 aromatic rings. The number of halogens is 1. The van der Waals surface area contributed by atoms with Crippen molar-refractivity contribution in [3.8, 4) is 0 Å². The number of carbonyl (C=O) groups excluding carboxylic acids is 1. The second-order valence-corrected chi connectivity index (χ2v) is 8.39. The largest absolute Gasteiger partial charge is 0.341 e. The van der Waals surface area contributed by atoms with E-state index >= 15 is 0 Å². The lowest BCUT2D eigenvalue weighted by Gasteiger charge is -2.37. The van der Waals surface area contributed by atoms with Crippen LogP contribution >= 0.6 is 11.6 Å². The summed E-state index contributed by atoms with van der Waals surface area (Å²) in [6.07, 6.45) is 4.25. The number of likely N-dealkylation sites (tertiary alicyclic amines) is 1. The molecule has 6 heteroatoms. The third-order valence-electron chi connectivity index (χ3n) is 5.81. The monoisotopic (exact) mass is 372 g/mol. The molecule has 0 spiro atoms. The molecule has 1 aromatic carbocycles. The number of amides is 1. The summed E-state index contributed by atoms with van der Waals surface area (Å²) in [6.45, 7) is 6.55. The molecule has 4 rings (SSSR count). The number of carbonyl (C=O) groups is 1. The zero-order valence-electron chi connectivity index (χ0n) is 15.4. The number of piperidine rings is 1. The van der Waals surface area contributed by atoms with Crippen LogP contribution in [0, 0.1) is 0 Å². The van der Waals surface area contributed by atoms with Gasteiger partial charge in [-0.15, -0.1) is 10.2 Å². The predicted molar refractivity (Wildman–Crippen MR) is 101 cm³/mol. The van der Waals surface area contributed by atoms with Crippen molar-refractivity contribution in [2.75, 3.05) is 13.1 Å². The summed E-state index contributed by atoms with van der Waals surface area (Å²) in [5, 5.41) is 9.48. The Morgan fingerprint density at radius 3 is 2.69 bits per heavy atom. The van der Waals surface area contributed by atoms with Crippen molar-refractivity contribution >= 4 is 17.5 Å². The fourth-order valence-corrected chi connectivity index (χ4v) is 4.36. The van der Waals surface area contributed by atoms with Crippen LogP contribution in [0.4, 0.5) is 0 Å². The van der Waals surface area contributed by atoms with Crippen LogP contribution < -0.4 is 0 Å². The Labute approximate surface area is 159 Å². The van der Waals surface area contributed by atoms with Crippen LogP contribution in [-0.4, -0.2) is 38.7 Å². The van der Waals surface area contributed by atoms with E-state index in [-0.39, 0.29) is 11.8 Å². The zero-order chi connectivity index (χ0) is 18.3. The maximum absolute atomic E-state index is 13.3. The van der Waals surface area contributed by atoms with Gasteiger partial charge in [0.2, 0.25) is 5.91 Å². The Bertz CT molecular complexity index is 812. The lowest BCUT2D eigenvalue weighted by Crippen LogP contribution is -2.47. The highest BCUT2D eigenvalue weighted by atomic mass is 35.5. The molecule has 2 aliphatic heterocycles. The molecule has 2 aliphatic rings. The molecule has 5 nitrogen and oxygen atoms in total. The molecular weight excluding hydrogens is 348 g/mol. The highest BCUT2D eigenvalue weighted by molar-refractivity contribution is 6.30. The molecule has 1 unspecified atom stereocenters. The first-order valence-electron chi connectivity index (χ1n) is 9.44. The summed E-state index contributed by atoms with van der Waals surface area (Å²) >= 11 is 6.00. The van der Waals surface area contributed by atoms with Gasteiger partial charge in [0, 0.05) is 37.0 Å². The summed E-state index contributed by atoms with van der Waals surface area (Å²) < 4.78 is 2.27. The summed E-state index contributed by atoms with van der Waals surface area (Å²) in [5.41, 5.74) is 0.427. The Kier molecular flexibility index (Phi) is 4.51. The van der Waals surface area contributed by atoms with Gasteiger partial charge in [0.05, 0.1) is 5.41 Å². The van der Waals surface area contributed by atoms with Crippen LogP contribution in [-0.2, 0) is 23.2 Å². The van der Waals surface area contributed by atoms with Crippen molar-refractivity contribution in [3.05, 3.63) is 46.5 Å². The minimum absolute atomic E-state index is 0.172. The molecule has 1 fully saturated rings. The molecule has 26 heavy (non-hydrogen) atoms. The highest BCUT2D eigenvalue weighted by Gasteiger charge is 2.37. The first-order valence-corrected chi connectivity index (χ1v) is 9.82. The van der Waals surface area contributed by atoms with Crippen LogP contribution in [0.25, 0.3) is 0 Å². The molecular formula is C20H25ClN4O. The van der Waals surface area contributed by atoms with Crippen LogP contribution in [0.15, 0.2) is 24.3 Å². The summed E-state index contributed by atoms with van der Waals surface area (Å²) in [6, 6.07) is 7.61. The van der Waals surface area contributed by atoms with Gasteiger partial charge in [-0.3, -0.25) is 4.79 Å². The van der Waals surface area contributed by atoms with Crippen molar-refractivity contribution in [1.29, 1.82) is 0 Å². The van der Waals surface area contributed by atoms with E-state index in [0.29, 0.717) is 5.02 Å². The number of aryl methyl sites for hydroxylation is 1. The average Bonchev–Trinajstić information content (AvgIpc) is 3.25. The molecule has 0 aliphatic carbocycles. The van der Waals surface area contributed by atoms with E-state index in [1.807, 2.05) is 43.0 Å². The summed E-state index contributed by atoms with van der Waals surface area (Å²) in [4.78, 5) is 15.3. The molecule has 0 radical (unpaired) electrons. The SMILES string of the molecule is CC(C)(C(=O)N1CCCC(c2nnc3n2CCC3)C1)c1ccc(Cl)cc1. The molecule has 138 valence electrons. The van der Waals surface area contributed by atoms with Crippen LogP contribution in [0.3, 0.4) is 0 Å². The highest BCUT2D eigenvalue weighted by Crippen LogP contribution is 2.32. The van der Waals surface area contributed by atoms with Gasteiger partial charge in [-0.1, -0.05) is 23.7 Å². The number of rotatable bonds is 3. The minimum atomic E-state index is -0.570. The van der Waals surface area contributed by atoms with Crippen LogP contribution in [0.2, 0.25) is 5.02 Å². The van der Waals surface area contributed by atoms with Crippen LogP contribution in [0.1, 0.15) is 56.2 Å². The Morgan fingerprint density at radius 2 is 1.92 bits per heavy atom.